The Bertz CT molecular complexity index is 253. The summed E-state index contributed by atoms with van der Waals surface area (Å²) >= 11 is 1.56. The Labute approximate surface area is 87.7 Å². The van der Waals surface area contributed by atoms with Gasteiger partial charge in [0.2, 0.25) is 5.13 Å². The molecule has 0 radical (unpaired) electrons. The Morgan fingerprint density at radius 2 is 2.29 bits per heavy atom. The number of rotatable bonds is 7. The third-order valence-electron chi connectivity index (χ3n) is 1.53. The van der Waals surface area contributed by atoms with Crippen LogP contribution in [-0.4, -0.2) is 36.5 Å². The van der Waals surface area contributed by atoms with Gasteiger partial charge in [-0.15, -0.1) is 10.2 Å². The third-order valence-corrected chi connectivity index (χ3v) is 2.33. The highest BCUT2D eigenvalue weighted by Crippen LogP contribution is 2.12. The van der Waals surface area contributed by atoms with Gasteiger partial charge in [0.25, 0.3) is 0 Å². The maximum Gasteiger partial charge on any atom is 0.205 e. The van der Waals surface area contributed by atoms with Crippen molar-refractivity contribution in [2.75, 3.05) is 31.6 Å². The summed E-state index contributed by atoms with van der Waals surface area (Å²) in [6.07, 6.45) is 0.957. The van der Waals surface area contributed by atoms with Crippen LogP contribution in [0.1, 0.15) is 11.4 Å². The molecule has 0 aliphatic heterocycles. The molecule has 6 heteroatoms. The second-order valence-electron chi connectivity index (χ2n) is 2.81. The molecule has 0 aromatic carbocycles. The van der Waals surface area contributed by atoms with E-state index in [0.29, 0.717) is 13.2 Å². The predicted molar refractivity (Wildman–Crippen MR) is 57.6 cm³/mol. The lowest BCUT2D eigenvalue weighted by molar-refractivity contribution is 0.141. The molecule has 5 nitrogen and oxygen atoms in total. The first kappa shape index (κ1) is 11.4. The molecule has 1 heterocycles. The Hall–Kier alpha value is -0.720. The van der Waals surface area contributed by atoms with E-state index in [1.54, 1.807) is 11.3 Å². The summed E-state index contributed by atoms with van der Waals surface area (Å²) in [4.78, 5) is 0. The van der Waals surface area contributed by atoms with Crippen LogP contribution in [0.25, 0.3) is 0 Å². The Morgan fingerprint density at radius 3 is 2.93 bits per heavy atom. The van der Waals surface area contributed by atoms with E-state index < -0.39 is 0 Å². The van der Waals surface area contributed by atoms with Crippen LogP contribution >= 0.6 is 11.3 Å². The van der Waals surface area contributed by atoms with Crippen LogP contribution in [0.2, 0.25) is 0 Å². The van der Waals surface area contributed by atoms with E-state index in [1.165, 1.54) is 0 Å². The summed E-state index contributed by atoms with van der Waals surface area (Å²) in [6.45, 7) is 4.76. The molecular weight excluding hydrogens is 200 g/mol. The molecule has 1 aromatic heterocycles. The first-order chi connectivity index (χ1) is 6.83. The lowest BCUT2D eigenvalue weighted by Crippen LogP contribution is -2.11. The number of nitrogens with zero attached hydrogens (tertiary/aromatic N) is 2. The van der Waals surface area contributed by atoms with Crippen LogP contribution in [0, 0.1) is 6.92 Å². The predicted octanol–water partition coefficient (Wildman–Crippen LogP) is 0.624. The second kappa shape index (κ2) is 6.69. The molecule has 0 aliphatic rings. The molecule has 0 fully saturated rings. The minimum Gasteiger partial charge on any atom is -0.380 e. The van der Waals surface area contributed by atoms with Gasteiger partial charge >= 0.3 is 0 Å². The number of ether oxygens (including phenoxy) is 1. The summed E-state index contributed by atoms with van der Waals surface area (Å²) < 4.78 is 5.23. The molecule has 0 atom stereocenters. The Kier molecular flexibility index (Phi) is 5.43. The second-order valence-corrected chi connectivity index (χ2v) is 3.99. The van der Waals surface area contributed by atoms with Crippen molar-refractivity contribution in [3.05, 3.63) is 5.01 Å². The minimum absolute atomic E-state index is 0.586. The van der Waals surface area contributed by atoms with Crippen molar-refractivity contribution < 1.29 is 4.74 Å². The maximum atomic E-state index is 5.28. The smallest absolute Gasteiger partial charge is 0.205 e. The largest absolute Gasteiger partial charge is 0.380 e. The highest BCUT2D eigenvalue weighted by molar-refractivity contribution is 7.15. The van der Waals surface area contributed by atoms with Crippen molar-refractivity contribution in [2.45, 2.75) is 13.3 Å². The van der Waals surface area contributed by atoms with E-state index in [4.69, 9.17) is 10.5 Å². The van der Waals surface area contributed by atoms with Crippen LogP contribution in [0.15, 0.2) is 0 Å². The molecule has 80 valence electrons. The summed E-state index contributed by atoms with van der Waals surface area (Å²) in [7, 11) is 0. The fourth-order valence-electron chi connectivity index (χ4n) is 0.923. The highest BCUT2D eigenvalue weighted by Gasteiger charge is 1.97. The molecule has 0 spiro atoms. The van der Waals surface area contributed by atoms with Gasteiger partial charge in [0.15, 0.2) is 0 Å². The van der Waals surface area contributed by atoms with E-state index >= 15 is 0 Å². The molecule has 0 amide bonds. The van der Waals surface area contributed by atoms with Gasteiger partial charge in [-0.25, -0.2) is 0 Å². The van der Waals surface area contributed by atoms with Gasteiger partial charge in [0, 0.05) is 19.7 Å². The molecule has 3 N–H and O–H groups in total. The molecule has 0 unspecified atom stereocenters. The van der Waals surface area contributed by atoms with E-state index in [2.05, 4.69) is 15.5 Å². The first-order valence-corrected chi connectivity index (χ1v) is 5.46. The number of hydrogen-bond donors (Lipinski definition) is 2. The normalized spacial score (nSPS) is 10.4. The van der Waals surface area contributed by atoms with Gasteiger partial charge in [-0.3, -0.25) is 0 Å². The maximum absolute atomic E-state index is 5.28. The Morgan fingerprint density at radius 1 is 1.43 bits per heavy atom. The Balaban J connectivity index is 1.99. The van der Waals surface area contributed by atoms with Crippen molar-refractivity contribution in [1.29, 1.82) is 0 Å². The summed E-state index contributed by atoms with van der Waals surface area (Å²) in [5.41, 5.74) is 5.28. The van der Waals surface area contributed by atoms with E-state index in [9.17, 15) is 0 Å². The standard InChI is InChI=1S/C8H16N4OS/c1-7-11-12-8(14-7)10-4-2-5-13-6-3-9/h2-6,9H2,1H3,(H,10,12). The van der Waals surface area contributed by atoms with Gasteiger partial charge in [-0.2, -0.15) is 0 Å². The molecule has 1 rings (SSSR count). The number of anilines is 1. The van der Waals surface area contributed by atoms with Crippen LogP contribution in [0.5, 0.6) is 0 Å². The van der Waals surface area contributed by atoms with Crippen LogP contribution in [0.3, 0.4) is 0 Å². The van der Waals surface area contributed by atoms with Crippen LogP contribution < -0.4 is 11.1 Å². The van der Waals surface area contributed by atoms with E-state index in [1.807, 2.05) is 6.92 Å². The van der Waals surface area contributed by atoms with Gasteiger partial charge in [-0.05, 0) is 13.3 Å². The average Bonchev–Trinajstić information content (AvgIpc) is 2.58. The molecule has 0 aliphatic carbocycles. The number of aryl methyl sites for hydroxylation is 1. The number of hydrogen-bond acceptors (Lipinski definition) is 6. The lowest BCUT2D eigenvalue weighted by Gasteiger charge is -2.02. The van der Waals surface area contributed by atoms with Crippen molar-refractivity contribution in [1.82, 2.24) is 10.2 Å². The van der Waals surface area contributed by atoms with Gasteiger partial charge in [0.1, 0.15) is 5.01 Å². The quantitative estimate of drug-likeness (QED) is 0.654. The fraction of sp³-hybridized carbons (Fsp3) is 0.750. The van der Waals surface area contributed by atoms with Gasteiger partial charge in [-0.1, -0.05) is 11.3 Å². The fourth-order valence-corrected chi connectivity index (χ4v) is 1.54. The zero-order valence-corrected chi connectivity index (χ0v) is 9.14. The van der Waals surface area contributed by atoms with Crippen LogP contribution in [0.4, 0.5) is 5.13 Å². The summed E-state index contributed by atoms with van der Waals surface area (Å²) in [5.74, 6) is 0. The minimum atomic E-state index is 0.586. The van der Waals surface area contributed by atoms with Crippen LogP contribution in [-0.2, 0) is 4.74 Å². The monoisotopic (exact) mass is 216 g/mol. The SMILES string of the molecule is Cc1nnc(NCCCOCCN)s1. The van der Waals surface area contributed by atoms with Crippen molar-refractivity contribution >= 4 is 16.5 Å². The number of aromatic nitrogens is 2. The molecule has 0 saturated heterocycles. The number of nitrogens with one attached hydrogen (secondary N) is 1. The zero-order valence-electron chi connectivity index (χ0n) is 8.32. The molecule has 14 heavy (non-hydrogen) atoms. The molecule has 0 saturated carbocycles. The summed E-state index contributed by atoms with van der Waals surface area (Å²) in [5, 5.41) is 12.9. The first-order valence-electron chi connectivity index (χ1n) is 4.64. The molecule has 0 bridgehead atoms. The highest BCUT2D eigenvalue weighted by atomic mass is 32.1. The van der Waals surface area contributed by atoms with Gasteiger partial charge in [0.05, 0.1) is 6.61 Å². The van der Waals surface area contributed by atoms with Crippen molar-refractivity contribution in [3.8, 4) is 0 Å². The van der Waals surface area contributed by atoms with Gasteiger partial charge < -0.3 is 15.8 Å². The average molecular weight is 216 g/mol. The van der Waals surface area contributed by atoms with E-state index in [0.717, 1.165) is 29.7 Å². The van der Waals surface area contributed by atoms with Crippen molar-refractivity contribution in [3.63, 3.8) is 0 Å². The topological polar surface area (TPSA) is 73.1 Å². The van der Waals surface area contributed by atoms with E-state index in [-0.39, 0.29) is 0 Å². The third kappa shape index (κ3) is 4.50. The molecular formula is C8H16N4OS. The lowest BCUT2D eigenvalue weighted by atomic mass is 10.4. The summed E-state index contributed by atoms with van der Waals surface area (Å²) in [6, 6.07) is 0. The zero-order chi connectivity index (χ0) is 10.2. The molecule has 1 aromatic rings. The number of nitrogens with two attached hydrogens (primary N) is 1. The van der Waals surface area contributed by atoms with Crippen molar-refractivity contribution in [2.24, 2.45) is 5.73 Å².